The van der Waals surface area contributed by atoms with Gasteiger partial charge in [-0.05, 0) is 0 Å². The topological polar surface area (TPSA) is 104 Å². The van der Waals surface area contributed by atoms with Gasteiger partial charge in [0.15, 0.2) is 11.4 Å². The molecule has 0 bridgehead atoms. The molecule has 1 aromatic rings. The maximum Gasteiger partial charge on any atom is 0.171 e. The third-order valence-electron chi connectivity index (χ3n) is 1.96. The number of rotatable bonds is 2. The van der Waals surface area contributed by atoms with E-state index in [2.05, 4.69) is 0 Å². The van der Waals surface area contributed by atoms with Gasteiger partial charge >= 0.3 is 0 Å². The summed E-state index contributed by atoms with van der Waals surface area (Å²) in [5, 5.41) is 0. The van der Waals surface area contributed by atoms with E-state index in [0.717, 1.165) is 11.4 Å². The molecule has 0 spiro atoms. The summed E-state index contributed by atoms with van der Waals surface area (Å²) in [6, 6.07) is 7.19. The van der Waals surface area contributed by atoms with Gasteiger partial charge in [-0.15, -0.1) is 9.40 Å². The highest BCUT2D eigenvalue weighted by Crippen LogP contribution is 2.19. The standard InChI is InChI=1S/C8H18N6/c1-13(9,10)7-3-5-8(6-4-7)14(2,11)12/h3-6H,9-12H2,1-2H3/q+2. The summed E-state index contributed by atoms with van der Waals surface area (Å²) in [5.41, 5.74) is 1.56. The van der Waals surface area contributed by atoms with Crippen LogP contribution >= 0.6 is 0 Å². The molecule has 1 rings (SSSR count). The normalized spacial score (nSPS) is 13.0. The molecule has 0 amide bonds. The van der Waals surface area contributed by atoms with E-state index in [0.29, 0.717) is 0 Å². The van der Waals surface area contributed by atoms with Gasteiger partial charge in [0, 0.05) is 24.3 Å². The molecule has 6 nitrogen and oxygen atoms in total. The van der Waals surface area contributed by atoms with Crippen LogP contribution in [0.25, 0.3) is 0 Å². The number of hydrogen-bond donors (Lipinski definition) is 4. The smallest absolute Gasteiger partial charge is 0.156 e. The highest BCUT2D eigenvalue weighted by atomic mass is 15.7. The van der Waals surface area contributed by atoms with Crippen molar-refractivity contribution in [3.05, 3.63) is 24.3 Å². The van der Waals surface area contributed by atoms with Crippen molar-refractivity contribution < 1.29 is 0 Å². The molecule has 0 fully saturated rings. The van der Waals surface area contributed by atoms with Crippen LogP contribution in [0.1, 0.15) is 0 Å². The van der Waals surface area contributed by atoms with Crippen molar-refractivity contribution in [3.63, 3.8) is 0 Å². The van der Waals surface area contributed by atoms with Gasteiger partial charge in [0.25, 0.3) is 0 Å². The monoisotopic (exact) mass is 198 g/mol. The minimum absolute atomic E-state index is 0.209. The van der Waals surface area contributed by atoms with Gasteiger partial charge in [0.2, 0.25) is 0 Å². The third-order valence-corrected chi connectivity index (χ3v) is 1.96. The van der Waals surface area contributed by atoms with E-state index in [1.807, 2.05) is 0 Å². The molecule has 0 aliphatic heterocycles. The lowest BCUT2D eigenvalue weighted by Gasteiger charge is -2.23. The molecule has 14 heavy (non-hydrogen) atoms. The van der Waals surface area contributed by atoms with E-state index < -0.39 is 0 Å². The van der Waals surface area contributed by atoms with Gasteiger partial charge in [-0.25, -0.2) is 0 Å². The fourth-order valence-electron chi connectivity index (χ4n) is 1.10. The molecule has 0 radical (unpaired) electrons. The molecule has 0 saturated carbocycles. The van der Waals surface area contributed by atoms with Crippen LogP contribution in [0.3, 0.4) is 0 Å². The summed E-state index contributed by atoms with van der Waals surface area (Å²) in [6.07, 6.45) is 0. The summed E-state index contributed by atoms with van der Waals surface area (Å²) in [4.78, 5) is 0. The van der Waals surface area contributed by atoms with E-state index in [1.54, 1.807) is 38.4 Å². The van der Waals surface area contributed by atoms with Crippen molar-refractivity contribution in [3.8, 4) is 0 Å². The summed E-state index contributed by atoms with van der Waals surface area (Å²) in [6.45, 7) is 0. The highest BCUT2D eigenvalue weighted by molar-refractivity contribution is 5.50. The molecule has 0 atom stereocenters. The fourth-order valence-corrected chi connectivity index (χ4v) is 1.10. The van der Waals surface area contributed by atoms with Crippen LogP contribution in [0.4, 0.5) is 11.4 Å². The van der Waals surface area contributed by atoms with Crippen LogP contribution in [0.2, 0.25) is 0 Å². The maximum absolute atomic E-state index is 5.66. The van der Waals surface area contributed by atoms with E-state index in [-0.39, 0.29) is 9.40 Å². The summed E-state index contributed by atoms with van der Waals surface area (Å²) in [7, 11) is 3.35. The summed E-state index contributed by atoms with van der Waals surface area (Å²) in [5.74, 6) is 22.7. The molecule has 1 aromatic carbocycles. The van der Waals surface area contributed by atoms with Crippen LogP contribution < -0.4 is 32.8 Å². The average Bonchev–Trinajstić information content (AvgIpc) is 2.01. The molecular formula is C8H18N6+2. The zero-order valence-corrected chi connectivity index (χ0v) is 8.51. The van der Waals surface area contributed by atoms with Gasteiger partial charge in [-0.3, -0.25) is 0 Å². The van der Waals surface area contributed by atoms with Crippen molar-refractivity contribution in [2.75, 3.05) is 14.1 Å². The van der Waals surface area contributed by atoms with E-state index in [4.69, 9.17) is 23.4 Å². The molecule has 0 heterocycles. The second-order valence-electron chi connectivity index (χ2n) is 3.81. The van der Waals surface area contributed by atoms with Gasteiger partial charge in [-0.1, -0.05) is 0 Å². The Labute approximate surface area is 83.3 Å². The number of quaternary nitrogens is 2. The largest absolute Gasteiger partial charge is 0.171 e. The molecule has 0 aliphatic carbocycles. The molecule has 6 heteroatoms. The van der Waals surface area contributed by atoms with E-state index in [9.17, 15) is 0 Å². The molecule has 0 unspecified atom stereocenters. The first-order valence-electron chi connectivity index (χ1n) is 4.20. The Bertz CT molecular complexity index is 271. The van der Waals surface area contributed by atoms with Crippen molar-refractivity contribution in [2.45, 2.75) is 0 Å². The van der Waals surface area contributed by atoms with Crippen LogP contribution in [-0.4, -0.2) is 14.1 Å². The Balaban J connectivity index is 3.02. The molecule has 0 saturated heterocycles. The van der Waals surface area contributed by atoms with Crippen molar-refractivity contribution in [1.29, 1.82) is 0 Å². The van der Waals surface area contributed by atoms with Gasteiger partial charge < -0.3 is 0 Å². The van der Waals surface area contributed by atoms with Crippen LogP contribution in [0, 0.1) is 0 Å². The lowest BCUT2D eigenvalue weighted by atomic mass is 10.2. The highest BCUT2D eigenvalue weighted by Gasteiger charge is 2.19. The summed E-state index contributed by atoms with van der Waals surface area (Å²) >= 11 is 0. The molecule has 0 aromatic heterocycles. The van der Waals surface area contributed by atoms with E-state index in [1.165, 1.54) is 0 Å². The quantitative estimate of drug-likeness (QED) is 0.279. The van der Waals surface area contributed by atoms with Crippen molar-refractivity contribution in [2.24, 2.45) is 23.4 Å². The van der Waals surface area contributed by atoms with Crippen LogP contribution in [-0.2, 0) is 0 Å². The Morgan fingerprint density at radius 2 is 0.929 bits per heavy atom. The number of benzene rings is 1. The molecule has 8 N–H and O–H groups in total. The minimum atomic E-state index is -0.209. The Kier molecular flexibility index (Phi) is 2.59. The first-order chi connectivity index (χ1) is 6.21. The van der Waals surface area contributed by atoms with Crippen molar-refractivity contribution in [1.82, 2.24) is 9.40 Å². The minimum Gasteiger partial charge on any atom is -0.156 e. The Morgan fingerprint density at radius 3 is 1.07 bits per heavy atom. The lowest BCUT2D eigenvalue weighted by Crippen LogP contribution is -2.59. The van der Waals surface area contributed by atoms with E-state index >= 15 is 0 Å². The number of hydrogen-bond acceptors (Lipinski definition) is 4. The number of nitrogens with zero attached hydrogens (tertiary/aromatic N) is 2. The first-order valence-corrected chi connectivity index (χ1v) is 4.20. The third kappa shape index (κ3) is 2.48. The zero-order valence-electron chi connectivity index (χ0n) is 8.51. The second-order valence-corrected chi connectivity index (χ2v) is 3.81. The Hall–Kier alpha value is -1.02. The second kappa shape index (κ2) is 3.28. The first kappa shape index (κ1) is 11.1. The predicted octanol–water partition coefficient (Wildman–Crippen LogP) is -0.944. The predicted molar refractivity (Wildman–Crippen MR) is 58.6 cm³/mol. The Morgan fingerprint density at radius 1 is 0.714 bits per heavy atom. The summed E-state index contributed by atoms with van der Waals surface area (Å²) < 4.78 is -0.418. The lowest BCUT2D eigenvalue weighted by molar-refractivity contribution is 0.351. The average molecular weight is 198 g/mol. The molecule has 0 aliphatic rings. The van der Waals surface area contributed by atoms with Crippen molar-refractivity contribution >= 4 is 11.4 Å². The molecule has 78 valence electrons. The van der Waals surface area contributed by atoms with Gasteiger partial charge in [0.1, 0.15) is 14.1 Å². The van der Waals surface area contributed by atoms with Crippen LogP contribution in [0.15, 0.2) is 24.3 Å². The fraction of sp³-hybridized carbons (Fsp3) is 0.250. The maximum atomic E-state index is 5.66. The van der Waals surface area contributed by atoms with Crippen LogP contribution in [0.5, 0.6) is 0 Å². The SMILES string of the molecule is C[N+](N)(N)c1ccc([N+](C)(N)N)cc1. The van der Waals surface area contributed by atoms with Gasteiger partial charge in [-0.2, -0.15) is 23.4 Å². The molecular weight excluding hydrogens is 180 g/mol. The van der Waals surface area contributed by atoms with Gasteiger partial charge in [0.05, 0.1) is 0 Å². The zero-order chi connectivity index (χ0) is 11.0. The number of nitrogens with two attached hydrogens (primary N) is 4.